The number of nitrogens with zero attached hydrogens (tertiary/aromatic N) is 1. The lowest BCUT2D eigenvalue weighted by molar-refractivity contribution is -0.189. The summed E-state index contributed by atoms with van der Waals surface area (Å²) in [6, 6.07) is 8.73. The lowest BCUT2D eigenvalue weighted by atomic mass is 10.0. The number of hydrogen-bond donors (Lipinski definition) is 0. The zero-order valence-corrected chi connectivity index (χ0v) is 21.1. The van der Waals surface area contributed by atoms with E-state index in [1.54, 1.807) is 18.2 Å². The van der Waals surface area contributed by atoms with Gasteiger partial charge < -0.3 is 4.74 Å². The monoisotopic (exact) mass is 601 g/mol. The Morgan fingerprint density at radius 3 is 1.83 bits per heavy atom. The fraction of sp³-hybridized carbons (Fsp3) is 0.107. The van der Waals surface area contributed by atoms with Gasteiger partial charge >= 0.3 is 12.3 Å². The van der Waals surface area contributed by atoms with Crippen molar-refractivity contribution in [3.63, 3.8) is 0 Å². The van der Waals surface area contributed by atoms with Gasteiger partial charge in [0, 0.05) is 17.2 Å². The molecule has 4 aromatic carbocycles. The molecule has 2 nitrogen and oxygen atoms in total. The Hall–Kier alpha value is -4.13. The van der Waals surface area contributed by atoms with Crippen molar-refractivity contribution in [3.05, 3.63) is 106 Å². The number of benzene rings is 4. The molecule has 1 heterocycles. The summed E-state index contributed by atoms with van der Waals surface area (Å²) in [5.41, 5.74) is -3.92. The van der Waals surface area contributed by atoms with E-state index in [0.29, 0.717) is 40.5 Å². The molecular formula is C28H13F10NOS. The summed E-state index contributed by atoms with van der Waals surface area (Å²) in [5, 5.41) is 0.174. The van der Waals surface area contributed by atoms with Crippen LogP contribution in [0.25, 0.3) is 31.9 Å². The Morgan fingerprint density at radius 1 is 0.659 bits per heavy atom. The number of ether oxygens (including phenoxy) is 1. The predicted octanol–water partition coefficient (Wildman–Crippen LogP) is 9.78. The highest BCUT2D eigenvalue weighted by Gasteiger charge is 2.42. The van der Waals surface area contributed by atoms with Gasteiger partial charge in [0.2, 0.25) is 0 Å². The molecule has 0 radical (unpaired) electrons. The third-order valence-corrected chi connectivity index (χ3v) is 7.01. The van der Waals surface area contributed by atoms with Crippen LogP contribution in [0.4, 0.5) is 43.9 Å². The zero-order valence-electron chi connectivity index (χ0n) is 20.3. The molecule has 0 unspecified atom stereocenters. The summed E-state index contributed by atoms with van der Waals surface area (Å²) in [6.07, 6.45) is -10.0. The number of rotatable bonds is 5. The molecule has 13 heteroatoms. The van der Waals surface area contributed by atoms with E-state index in [1.165, 1.54) is 0 Å². The van der Waals surface area contributed by atoms with E-state index in [2.05, 4.69) is 9.72 Å². The smallest absolute Gasteiger partial charge is 0.429 e. The molecule has 0 aliphatic carbocycles. The van der Waals surface area contributed by atoms with Crippen molar-refractivity contribution in [2.24, 2.45) is 0 Å². The topological polar surface area (TPSA) is 22.1 Å². The minimum atomic E-state index is -5.36. The second kappa shape index (κ2) is 10.1. The molecule has 41 heavy (non-hydrogen) atoms. The van der Waals surface area contributed by atoms with Crippen LogP contribution in [0, 0.1) is 36.0 Å². The molecule has 0 saturated carbocycles. The van der Waals surface area contributed by atoms with E-state index < -0.39 is 69.4 Å². The average molecular weight is 601 g/mol. The average Bonchev–Trinajstić information content (AvgIpc) is 3.25. The lowest BCUT2D eigenvalue weighted by Gasteiger charge is -2.20. The fourth-order valence-electron chi connectivity index (χ4n) is 4.12. The summed E-state index contributed by atoms with van der Waals surface area (Å²) in [4.78, 5) is 4.26. The largest absolute Gasteiger partial charge is 0.432 e. The molecule has 0 aliphatic rings. The number of fused-ring (bicyclic) bond motifs is 1. The first-order valence-corrected chi connectivity index (χ1v) is 12.3. The van der Waals surface area contributed by atoms with Crippen molar-refractivity contribution in [1.29, 1.82) is 0 Å². The van der Waals surface area contributed by atoms with Crippen LogP contribution >= 0.6 is 11.3 Å². The Balaban J connectivity index is 1.43. The Kier molecular flexibility index (Phi) is 6.96. The van der Waals surface area contributed by atoms with E-state index in [9.17, 15) is 43.9 Å². The zero-order chi connectivity index (χ0) is 29.9. The number of halogens is 10. The van der Waals surface area contributed by atoms with Crippen molar-refractivity contribution in [1.82, 2.24) is 4.98 Å². The molecule has 0 fully saturated rings. The first kappa shape index (κ1) is 28.4. The van der Waals surface area contributed by atoms with Gasteiger partial charge in [-0.05, 0) is 66.6 Å². The van der Waals surface area contributed by atoms with Crippen LogP contribution in [0.3, 0.4) is 0 Å². The third-order valence-electron chi connectivity index (χ3n) is 5.95. The summed E-state index contributed by atoms with van der Waals surface area (Å²) in [5.74, 6) is -9.74. The second-order valence-electron chi connectivity index (χ2n) is 8.88. The van der Waals surface area contributed by atoms with Crippen molar-refractivity contribution in [2.45, 2.75) is 19.2 Å². The number of aryl methyl sites for hydroxylation is 1. The summed E-state index contributed by atoms with van der Waals surface area (Å²) in [7, 11) is 0. The second-order valence-corrected chi connectivity index (χ2v) is 9.91. The molecule has 0 amide bonds. The van der Waals surface area contributed by atoms with E-state index in [-0.39, 0.29) is 22.7 Å². The Labute approximate surface area is 228 Å². The molecule has 0 atom stereocenters. The molecule has 0 saturated heterocycles. The summed E-state index contributed by atoms with van der Waals surface area (Å²) < 4.78 is 145. The molecule has 0 bridgehead atoms. The predicted molar refractivity (Wildman–Crippen MR) is 131 cm³/mol. The van der Waals surface area contributed by atoms with Gasteiger partial charge in [-0.2, -0.15) is 22.0 Å². The molecular weight excluding hydrogens is 588 g/mol. The number of thiazole rings is 1. The highest BCUT2D eigenvalue weighted by molar-refractivity contribution is 7.21. The van der Waals surface area contributed by atoms with Gasteiger partial charge in [0.1, 0.15) is 51.0 Å². The maximum atomic E-state index is 14.9. The van der Waals surface area contributed by atoms with E-state index >= 15 is 0 Å². The van der Waals surface area contributed by atoms with Crippen molar-refractivity contribution in [2.75, 3.05) is 0 Å². The molecule has 0 spiro atoms. The normalized spacial score (nSPS) is 12.3. The first-order chi connectivity index (χ1) is 19.1. The highest BCUT2D eigenvalue weighted by Crippen LogP contribution is 2.40. The standard InChI is InChI=1S/C28H13F10NOS/c1-12-2-5-22-23(6-12)41-26(39-22)14-9-20(32)25(21(33)10-14)28(37,38)40-15-3-4-16(17(29)11-15)13-7-18(30)24(19(31)8-13)27(34,35)36/h2-11H,1H3. The Morgan fingerprint density at radius 2 is 1.24 bits per heavy atom. The minimum absolute atomic E-state index is 0.107. The third kappa shape index (κ3) is 5.45. The molecule has 212 valence electrons. The quantitative estimate of drug-likeness (QED) is 0.187. The van der Waals surface area contributed by atoms with Gasteiger partial charge in [-0.15, -0.1) is 11.3 Å². The van der Waals surface area contributed by atoms with Crippen LogP contribution < -0.4 is 4.74 Å². The van der Waals surface area contributed by atoms with Crippen LogP contribution in [0.1, 0.15) is 16.7 Å². The Bertz CT molecular complexity index is 1770. The van der Waals surface area contributed by atoms with Crippen LogP contribution in [-0.2, 0) is 12.3 Å². The van der Waals surface area contributed by atoms with E-state index in [0.717, 1.165) is 16.9 Å². The molecule has 0 aliphatic heterocycles. The first-order valence-electron chi connectivity index (χ1n) is 11.4. The van der Waals surface area contributed by atoms with Crippen LogP contribution in [0.2, 0.25) is 0 Å². The van der Waals surface area contributed by atoms with E-state index in [4.69, 9.17) is 0 Å². The van der Waals surface area contributed by atoms with E-state index in [1.807, 2.05) is 6.92 Å². The lowest BCUT2D eigenvalue weighted by Crippen LogP contribution is -2.25. The minimum Gasteiger partial charge on any atom is -0.429 e. The van der Waals surface area contributed by atoms with Gasteiger partial charge in [0.05, 0.1) is 10.2 Å². The van der Waals surface area contributed by atoms with Crippen LogP contribution in [0.5, 0.6) is 5.75 Å². The van der Waals surface area contributed by atoms with Gasteiger partial charge in [0.25, 0.3) is 0 Å². The number of aromatic nitrogens is 1. The fourth-order valence-corrected chi connectivity index (χ4v) is 5.17. The SMILES string of the molecule is Cc1ccc2nc(-c3cc(F)c(C(F)(F)Oc4ccc(-c5cc(F)c(C(F)(F)F)c(F)c5)c(F)c4)c(F)c3)sc2c1. The number of alkyl halides is 5. The maximum Gasteiger partial charge on any atom is 0.432 e. The number of hydrogen-bond acceptors (Lipinski definition) is 3. The van der Waals surface area contributed by atoms with Crippen molar-refractivity contribution >= 4 is 21.6 Å². The summed E-state index contributed by atoms with van der Waals surface area (Å²) in [6.45, 7) is 1.84. The molecule has 5 aromatic rings. The van der Waals surface area contributed by atoms with Gasteiger partial charge in [-0.1, -0.05) is 6.07 Å². The van der Waals surface area contributed by atoms with Gasteiger partial charge in [-0.3, -0.25) is 0 Å². The van der Waals surface area contributed by atoms with Gasteiger partial charge in [0.15, 0.2) is 0 Å². The molecule has 0 N–H and O–H groups in total. The molecule has 5 rings (SSSR count). The summed E-state index contributed by atoms with van der Waals surface area (Å²) >= 11 is 1.10. The van der Waals surface area contributed by atoms with Crippen LogP contribution in [-0.4, -0.2) is 4.98 Å². The van der Waals surface area contributed by atoms with Crippen molar-refractivity contribution in [3.8, 4) is 27.4 Å². The van der Waals surface area contributed by atoms with Crippen molar-refractivity contribution < 1.29 is 48.6 Å². The van der Waals surface area contributed by atoms with Crippen LogP contribution in [0.15, 0.2) is 60.7 Å². The maximum absolute atomic E-state index is 14.9. The highest BCUT2D eigenvalue weighted by atomic mass is 32.1. The molecule has 1 aromatic heterocycles. The van der Waals surface area contributed by atoms with Gasteiger partial charge in [-0.25, -0.2) is 26.9 Å².